The van der Waals surface area contributed by atoms with Crippen LogP contribution in [0.4, 0.5) is 0 Å². The first-order chi connectivity index (χ1) is 14.6. The van der Waals surface area contributed by atoms with E-state index in [1.165, 1.54) is 4.57 Å². The largest absolute Gasteiger partial charge is 0.494 e. The van der Waals surface area contributed by atoms with E-state index < -0.39 is 0 Å². The highest BCUT2D eigenvalue weighted by Gasteiger charge is 2.16. The molecule has 1 fully saturated rings. The smallest absolute Gasteiger partial charge is 0.265 e. The van der Waals surface area contributed by atoms with Gasteiger partial charge in [-0.3, -0.25) is 14.7 Å². The minimum atomic E-state index is -0.239. The molecule has 4 rings (SSSR count). The average Bonchev–Trinajstić information content (AvgIpc) is 2.77. The molecule has 6 nitrogen and oxygen atoms in total. The van der Waals surface area contributed by atoms with Crippen molar-refractivity contribution in [3.63, 3.8) is 0 Å². The summed E-state index contributed by atoms with van der Waals surface area (Å²) in [6.45, 7) is 7.16. The summed E-state index contributed by atoms with van der Waals surface area (Å²) in [6, 6.07) is 14.9. The number of pyridine rings is 1. The van der Waals surface area contributed by atoms with Crippen molar-refractivity contribution in [3.05, 3.63) is 70.0 Å². The van der Waals surface area contributed by atoms with E-state index in [0.717, 1.165) is 44.8 Å². The number of ether oxygens (including phenoxy) is 1. The third-order valence-electron chi connectivity index (χ3n) is 5.48. The molecule has 1 aliphatic heterocycles. The molecule has 0 aliphatic carbocycles. The number of aliphatic imine (C=N–C) groups is 1. The average molecular weight is 405 g/mol. The fourth-order valence-corrected chi connectivity index (χ4v) is 3.79. The quantitative estimate of drug-likeness (QED) is 0.505. The fourth-order valence-electron chi connectivity index (χ4n) is 3.79. The van der Waals surface area contributed by atoms with Crippen molar-refractivity contribution in [2.45, 2.75) is 13.3 Å². The van der Waals surface area contributed by atoms with E-state index >= 15 is 0 Å². The van der Waals surface area contributed by atoms with Gasteiger partial charge in [-0.15, -0.1) is 0 Å². The summed E-state index contributed by atoms with van der Waals surface area (Å²) in [5.74, 6) is -0.0838. The Kier molecular flexibility index (Phi) is 6.26. The van der Waals surface area contributed by atoms with Crippen LogP contribution >= 0.6 is 0 Å². The van der Waals surface area contributed by atoms with Gasteiger partial charge in [0.05, 0.1) is 24.5 Å². The van der Waals surface area contributed by atoms with Gasteiger partial charge in [0, 0.05) is 43.2 Å². The molecule has 2 aromatic carbocycles. The van der Waals surface area contributed by atoms with Crippen LogP contribution in [-0.4, -0.2) is 60.2 Å². The Bertz CT molecular complexity index is 1100. The predicted octanol–water partition coefficient (Wildman–Crippen LogP) is 3.15. The Labute approximate surface area is 176 Å². The van der Waals surface area contributed by atoms with Crippen molar-refractivity contribution in [2.24, 2.45) is 4.99 Å². The number of rotatable bonds is 6. The first kappa shape index (κ1) is 20.3. The molecule has 0 saturated carbocycles. The number of aromatic nitrogens is 1. The maximum atomic E-state index is 13.1. The summed E-state index contributed by atoms with van der Waals surface area (Å²) < 4.78 is 6.73. The molecule has 6 heteroatoms. The number of hydrogen-bond acceptors (Lipinski definition) is 5. The number of aromatic hydroxyl groups is 1. The molecule has 1 aliphatic rings. The molecule has 1 saturated heterocycles. The molecule has 156 valence electrons. The lowest BCUT2D eigenvalue weighted by molar-refractivity contribution is 0.0377. The standard InChI is InChI=1S/C24H27N3O3/c1-18-7-9-19(10-8-18)27-23(28)21-6-3-2-5-20(21)22(24(27)29)17-25-11-4-12-26-13-15-30-16-14-26/h2-3,5-10,17,29H,4,11-16H2,1H3. The molecule has 3 aromatic rings. The van der Waals surface area contributed by atoms with Crippen molar-refractivity contribution >= 4 is 17.0 Å². The Morgan fingerprint density at radius 3 is 2.50 bits per heavy atom. The van der Waals surface area contributed by atoms with Crippen LogP contribution in [0.2, 0.25) is 0 Å². The van der Waals surface area contributed by atoms with Crippen LogP contribution in [0.5, 0.6) is 5.88 Å². The third-order valence-corrected chi connectivity index (χ3v) is 5.48. The number of aryl methyl sites for hydroxylation is 1. The number of fused-ring (bicyclic) bond motifs is 1. The summed E-state index contributed by atoms with van der Waals surface area (Å²) in [6.07, 6.45) is 2.63. The van der Waals surface area contributed by atoms with Crippen molar-refractivity contribution in [3.8, 4) is 11.6 Å². The van der Waals surface area contributed by atoms with E-state index in [0.29, 0.717) is 28.6 Å². The maximum absolute atomic E-state index is 13.1. The number of nitrogens with zero attached hydrogens (tertiary/aromatic N) is 3. The van der Waals surface area contributed by atoms with E-state index in [2.05, 4.69) is 9.89 Å². The topological polar surface area (TPSA) is 67.1 Å². The second-order valence-corrected chi connectivity index (χ2v) is 7.60. The predicted molar refractivity (Wildman–Crippen MR) is 120 cm³/mol. The first-order valence-corrected chi connectivity index (χ1v) is 10.4. The van der Waals surface area contributed by atoms with Crippen LogP contribution in [0.25, 0.3) is 16.5 Å². The molecule has 1 aromatic heterocycles. The summed E-state index contributed by atoms with van der Waals surface area (Å²) in [5.41, 5.74) is 2.05. The molecule has 0 amide bonds. The van der Waals surface area contributed by atoms with Gasteiger partial charge in [0.2, 0.25) is 5.88 Å². The van der Waals surface area contributed by atoms with Crippen LogP contribution in [-0.2, 0) is 4.74 Å². The molecule has 0 radical (unpaired) electrons. The van der Waals surface area contributed by atoms with E-state index in [1.54, 1.807) is 12.3 Å². The van der Waals surface area contributed by atoms with Gasteiger partial charge in [0.15, 0.2) is 0 Å². The Morgan fingerprint density at radius 2 is 1.77 bits per heavy atom. The normalized spacial score (nSPS) is 15.2. The van der Waals surface area contributed by atoms with Crippen molar-refractivity contribution in [2.75, 3.05) is 39.4 Å². The zero-order valence-electron chi connectivity index (χ0n) is 17.3. The molecular formula is C24H27N3O3. The summed E-state index contributed by atoms with van der Waals surface area (Å²) >= 11 is 0. The molecule has 0 bridgehead atoms. The lowest BCUT2D eigenvalue weighted by Crippen LogP contribution is -2.37. The summed E-state index contributed by atoms with van der Waals surface area (Å²) in [4.78, 5) is 20.0. The SMILES string of the molecule is Cc1ccc(-n2c(O)c(C=NCCCN3CCOCC3)c3ccccc3c2=O)cc1. The number of morpholine rings is 1. The van der Waals surface area contributed by atoms with Crippen LogP contribution in [0.1, 0.15) is 17.5 Å². The van der Waals surface area contributed by atoms with Crippen LogP contribution in [0, 0.1) is 6.92 Å². The molecule has 2 heterocycles. The van der Waals surface area contributed by atoms with Gasteiger partial charge in [0.25, 0.3) is 5.56 Å². The minimum absolute atomic E-state index is 0.0838. The van der Waals surface area contributed by atoms with E-state index in [9.17, 15) is 9.90 Å². The van der Waals surface area contributed by atoms with Gasteiger partial charge in [-0.05, 0) is 31.5 Å². The summed E-state index contributed by atoms with van der Waals surface area (Å²) in [7, 11) is 0. The maximum Gasteiger partial charge on any atom is 0.265 e. The van der Waals surface area contributed by atoms with E-state index in [4.69, 9.17) is 4.74 Å². The Hall–Kier alpha value is -2.96. The second-order valence-electron chi connectivity index (χ2n) is 7.60. The Balaban J connectivity index is 1.63. The number of hydrogen-bond donors (Lipinski definition) is 1. The molecule has 0 spiro atoms. The highest BCUT2D eigenvalue weighted by Crippen LogP contribution is 2.26. The molecule has 0 atom stereocenters. The van der Waals surface area contributed by atoms with E-state index in [-0.39, 0.29) is 11.4 Å². The molecule has 1 N–H and O–H groups in total. The lowest BCUT2D eigenvalue weighted by atomic mass is 10.1. The van der Waals surface area contributed by atoms with Crippen molar-refractivity contribution in [1.29, 1.82) is 0 Å². The van der Waals surface area contributed by atoms with Crippen LogP contribution in [0.3, 0.4) is 0 Å². The molecule has 0 unspecified atom stereocenters. The molecular weight excluding hydrogens is 378 g/mol. The highest BCUT2D eigenvalue weighted by molar-refractivity contribution is 6.01. The molecule has 30 heavy (non-hydrogen) atoms. The fraction of sp³-hybridized carbons (Fsp3) is 0.333. The van der Waals surface area contributed by atoms with Crippen LogP contribution < -0.4 is 5.56 Å². The zero-order valence-corrected chi connectivity index (χ0v) is 17.3. The third kappa shape index (κ3) is 4.30. The van der Waals surface area contributed by atoms with Gasteiger partial charge in [0.1, 0.15) is 0 Å². The second kappa shape index (κ2) is 9.24. The minimum Gasteiger partial charge on any atom is -0.494 e. The number of benzene rings is 2. The van der Waals surface area contributed by atoms with Crippen molar-refractivity contribution < 1.29 is 9.84 Å². The monoisotopic (exact) mass is 405 g/mol. The van der Waals surface area contributed by atoms with Gasteiger partial charge >= 0.3 is 0 Å². The zero-order chi connectivity index (χ0) is 20.9. The summed E-state index contributed by atoms with van der Waals surface area (Å²) in [5, 5.41) is 12.3. The van der Waals surface area contributed by atoms with Crippen LogP contribution in [0.15, 0.2) is 58.3 Å². The van der Waals surface area contributed by atoms with Crippen molar-refractivity contribution in [1.82, 2.24) is 9.47 Å². The van der Waals surface area contributed by atoms with Gasteiger partial charge < -0.3 is 9.84 Å². The van der Waals surface area contributed by atoms with Gasteiger partial charge in [-0.1, -0.05) is 35.9 Å². The first-order valence-electron chi connectivity index (χ1n) is 10.4. The Morgan fingerprint density at radius 1 is 1.07 bits per heavy atom. The lowest BCUT2D eigenvalue weighted by Gasteiger charge is -2.26. The highest BCUT2D eigenvalue weighted by atomic mass is 16.5. The van der Waals surface area contributed by atoms with Gasteiger partial charge in [-0.25, -0.2) is 4.57 Å². The van der Waals surface area contributed by atoms with Gasteiger partial charge in [-0.2, -0.15) is 0 Å². The van der Waals surface area contributed by atoms with E-state index in [1.807, 2.05) is 49.4 Å².